The minimum atomic E-state index is -0.198. The van der Waals surface area contributed by atoms with Gasteiger partial charge in [-0.05, 0) is 12.8 Å². The van der Waals surface area contributed by atoms with Gasteiger partial charge in [0.25, 0.3) is 0 Å². The first-order valence-corrected chi connectivity index (χ1v) is 5.89. The van der Waals surface area contributed by atoms with E-state index in [1.54, 1.807) is 0 Å². The van der Waals surface area contributed by atoms with Crippen molar-refractivity contribution in [3.8, 4) is 0 Å². The Balaban J connectivity index is 2.50. The maximum atomic E-state index is 10.7. The van der Waals surface area contributed by atoms with Gasteiger partial charge in [0.1, 0.15) is 6.10 Å². The van der Waals surface area contributed by atoms with E-state index in [4.69, 9.17) is 4.74 Å². The van der Waals surface area contributed by atoms with Crippen molar-refractivity contribution >= 4 is 37.8 Å². The summed E-state index contributed by atoms with van der Waals surface area (Å²) in [4.78, 5) is 11.3. The SMILES string of the molecule is CC(=O)OC1[C@H](Br)CCC[C@H]1Br. The second kappa shape index (κ2) is 4.61. The van der Waals surface area contributed by atoms with Crippen LogP contribution >= 0.6 is 31.9 Å². The number of rotatable bonds is 1. The highest BCUT2D eigenvalue weighted by Gasteiger charge is 2.32. The van der Waals surface area contributed by atoms with Gasteiger partial charge in [0, 0.05) is 6.92 Å². The molecule has 0 radical (unpaired) electrons. The van der Waals surface area contributed by atoms with Gasteiger partial charge in [-0.1, -0.05) is 38.3 Å². The van der Waals surface area contributed by atoms with E-state index in [2.05, 4.69) is 31.9 Å². The summed E-state index contributed by atoms with van der Waals surface area (Å²) < 4.78 is 5.18. The van der Waals surface area contributed by atoms with Crippen molar-refractivity contribution < 1.29 is 9.53 Å². The summed E-state index contributed by atoms with van der Waals surface area (Å²) in [6, 6.07) is 0. The molecule has 4 heteroatoms. The van der Waals surface area contributed by atoms with E-state index in [1.165, 1.54) is 13.3 Å². The predicted molar refractivity (Wildman–Crippen MR) is 54.8 cm³/mol. The van der Waals surface area contributed by atoms with Crippen LogP contribution in [0.5, 0.6) is 0 Å². The molecule has 2 nitrogen and oxygen atoms in total. The monoisotopic (exact) mass is 298 g/mol. The van der Waals surface area contributed by atoms with E-state index < -0.39 is 0 Å². The molecule has 1 saturated carbocycles. The summed E-state index contributed by atoms with van der Waals surface area (Å²) in [5.74, 6) is -0.198. The molecular weight excluding hydrogens is 288 g/mol. The number of hydrogen-bond donors (Lipinski definition) is 0. The minimum Gasteiger partial charge on any atom is -0.460 e. The molecule has 1 aliphatic rings. The van der Waals surface area contributed by atoms with E-state index in [1.807, 2.05) is 0 Å². The fourth-order valence-electron chi connectivity index (χ4n) is 1.40. The van der Waals surface area contributed by atoms with Crippen molar-refractivity contribution in [2.45, 2.75) is 41.9 Å². The van der Waals surface area contributed by atoms with Gasteiger partial charge in [-0.25, -0.2) is 0 Å². The summed E-state index contributed by atoms with van der Waals surface area (Å²) in [5.41, 5.74) is 0. The average Bonchev–Trinajstić information content (AvgIpc) is 1.97. The summed E-state index contributed by atoms with van der Waals surface area (Å²) in [6.07, 6.45) is 3.35. The first kappa shape index (κ1) is 10.5. The smallest absolute Gasteiger partial charge is 0.302 e. The lowest BCUT2D eigenvalue weighted by atomic mass is 9.97. The standard InChI is InChI=1S/C8H12Br2O2/c1-5(11)12-8-6(9)3-2-4-7(8)10/h6-8H,2-4H2,1H3/t6-,7-/m1/s1. The van der Waals surface area contributed by atoms with Crippen molar-refractivity contribution in [1.82, 2.24) is 0 Å². The largest absolute Gasteiger partial charge is 0.460 e. The van der Waals surface area contributed by atoms with Gasteiger partial charge in [0.15, 0.2) is 0 Å². The Bertz CT molecular complexity index is 162. The normalized spacial score (nSPS) is 31.6. The second-order valence-electron chi connectivity index (χ2n) is 3.04. The van der Waals surface area contributed by atoms with Crippen LogP contribution in [0, 0.1) is 0 Å². The molecule has 0 aromatic rings. The van der Waals surface area contributed by atoms with Crippen molar-refractivity contribution in [2.75, 3.05) is 0 Å². The number of hydrogen-bond acceptors (Lipinski definition) is 2. The molecule has 0 spiro atoms. The van der Waals surface area contributed by atoms with Crippen molar-refractivity contribution in [3.05, 3.63) is 0 Å². The van der Waals surface area contributed by atoms with E-state index in [-0.39, 0.29) is 12.1 Å². The Morgan fingerprint density at radius 2 is 1.83 bits per heavy atom. The zero-order valence-corrected chi connectivity index (χ0v) is 10.1. The van der Waals surface area contributed by atoms with Crippen LogP contribution in [0.15, 0.2) is 0 Å². The first-order valence-electron chi connectivity index (χ1n) is 4.06. The maximum absolute atomic E-state index is 10.7. The first-order chi connectivity index (χ1) is 5.61. The van der Waals surface area contributed by atoms with Crippen molar-refractivity contribution in [2.24, 2.45) is 0 Å². The Morgan fingerprint density at radius 3 is 2.25 bits per heavy atom. The van der Waals surface area contributed by atoms with Crippen molar-refractivity contribution in [3.63, 3.8) is 0 Å². The van der Waals surface area contributed by atoms with Crippen LogP contribution in [0.4, 0.5) is 0 Å². The lowest BCUT2D eigenvalue weighted by Gasteiger charge is -2.31. The molecule has 0 N–H and O–H groups in total. The van der Waals surface area contributed by atoms with Gasteiger partial charge in [-0.3, -0.25) is 4.79 Å². The lowest BCUT2D eigenvalue weighted by Crippen LogP contribution is -2.38. The molecule has 0 amide bonds. The highest BCUT2D eigenvalue weighted by Crippen LogP contribution is 2.31. The maximum Gasteiger partial charge on any atom is 0.302 e. The summed E-state index contributed by atoms with van der Waals surface area (Å²) >= 11 is 7.03. The lowest BCUT2D eigenvalue weighted by molar-refractivity contribution is -0.146. The third-order valence-electron chi connectivity index (χ3n) is 1.97. The molecule has 0 aromatic carbocycles. The van der Waals surface area contributed by atoms with Gasteiger partial charge in [0.05, 0.1) is 9.65 Å². The summed E-state index contributed by atoms with van der Waals surface area (Å²) in [6.45, 7) is 1.45. The van der Waals surface area contributed by atoms with E-state index in [9.17, 15) is 4.79 Å². The third-order valence-corrected chi connectivity index (χ3v) is 3.93. The highest BCUT2D eigenvalue weighted by molar-refractivity contribution is 9.10. The number of halogens is 2. The molecule has 1 fully saturated rings. The quantitative estimate of drug-likeness (QED) is 0.550. The van der Waals surface area contributed by atoms with Crippen LogP contribution in [-0.2, 0) is 9.53 Å². The number of esters is 1. The van der Waals surface area contributed by atoms with Crippen LogP contribution in [0.3, 0.4) is 0 Å². The van der Waals surface area contributed by atoms with Crippen LogP contribution in [0.25, 0.3) is 0 Å². The molecule has 0 aliphatic heterocycles. The molecule has 12 heavy (non-hydrogen) atoms. The van der Waals surface area contributed by atoms with Crippen LogP contribution in [-0.4, -0.2) is 21.7 Å². The summed E-state index contributed by atoms with van der Waals surface area (Å²) in [5, 5.41) is 0. The van der Waals surface area contributed by atoms with Crippen LogP contribution < -0.4 is 0 Å². The Kier molecular flexibility index (Phi) is 4.03. The highest BCUT2D eigenvalue weighted by atomic mass is 79.9. The van der Waals surface area contributed by atoms with Gasteiger partial charge < -0.3 is 4.74 Å². The minimum absolute atomic E-state index is 0.00347. The molecule has 1 rings (SSSR count). The van der Waals surface area contributed by atoms with Gasteiger partial charge in [0.2, 0.25) is 0 Å². The van der Waals surface area contributed by atoms with Gasteiger partial charge in [-0.2, -0.15) is 0 Å². The Morgan fingerprint density at radius 1 is 1.33 bits per heavy atom. The number of carbonyl (C=O) groups excluding carboxylic acids is 1. The fourth-order valence-corrected chi connectivity index (χ4v) is 3.41. The number of ether oxygens (including phenoxy) is 1. The van der Waals surface area contributed by atoms with Crippen LogP contribution in [0.2, 0.25) is 0 Å². The number of alkyl halides is 2. The molecule has 1 aliphatic carbocycles. The third kappa shape index (κ3) is 2.73. The predicted octanol–water partition coefficient (Wildman–Crippen LogP) is 2.63. The van der Waals surface area contributed by atoms with Gasteiger partial charge in [-0.15, -0.1) is 0 Å². The molecule has 2 atom stereocenters. The topological polar surface area (TPSA) is 26.3 Å². The van der Waals surface area contributed by atoms with Crippen molar-refractivity contribution in [1.29, 1.82) is 0 Å². The molecule has 0 bridgehead atoms. The molecular formula is C8H12Br2O2. The fraction of sp³-hybridized carbons (Fsp3) is 0.875. The zero-order valence-electron chi connectivity index (χ0n) is 6.93. The number of carbonyl (C=O) groups is 1. The van der Waals surface area contributed by atoms with Gasteiger partial charge >= 0.3 is 5.97 Å². The Labute approximate surface area is 89.3 Å². The second-order valence-corrected chi connectivity index (χ2v) is 5.39. The summed E-state index contributed by atoms with van der Waals surface area (Å²) in [7, 11) is 0. The molecule has 70 valence electrons. The molecule has 0 aromatic heterocycles. The molecule has 0 saturated heterocycles. The zero-order chi connectivity index (χ0) is 9.14. The van der Waals surface area contributed by atoms with E-state index >= 15 is 0 Å². The molecule has 0 heterocycles. The average molecular weight is 300 g/mol. The van der Waals surface area contributed by atoms with Crippen LogP contribution in [0.1, 0.15) is 26.2 Å². The molecule has 0 unspecified atom stereocenters. The van der Waals surface area contributed by atoms with E-state index in [0.29, 0.717) is 9.65 Å². The Hall–Kier alpha value is 0.430. The van der Waals surface area contributed by atoms with E-state index in [0.717, 1.165) is 12.8 Å².